The number of aliphatic hydroxyl groups is 1. The maximum absolute atomic E-state index is 9.96. The van der Waals surface area contributed by atoms with Gasteiger partial charge in [0.15, 0.2) is 0 Å². The van der Waals surface area contributed by atoms with E-state index in [1.165, 1.54) is 44.9 Å². The van der Waals surface area contributed by atoms with E-state index in [1.54, 1.807) is 11.1 Å². The summed E-state index contributed by atoms with van der Waals surface area (Å²) < 4.78 is 0. The highest BCUT2D eigenvalue weighted by Crippen LogP contribution is 2.61. The molecule has 0 aromatic heterocycles. The number of allylic oxidation sites excluding steroid dienone is 3. The summed E-state index contributed by atoms with van der Waals surface area (Å²) in [5.41, 5.74) is 5.57. The third kappa shape index (κ3) is 1.71. The first-order chi connectivity index (χ1) is 9.59. The van der Waals surface area contributed by atoms with Crippen molar-refractivity contribution < 1.29 is 5.11 Å². The Morgan fingerprint density at radius 2 is 1.95 bits per heavy atom. The quantitative estimate of drug-likeness (QED) is 0.638. The molecule has 1 nitrogen and oxygen atoms in total. The van der Waals surface area contributed by atoms with Crippen LogP contribution in [0.4, 0.5) is 0 Å². The fraction of sp³-hybridized carbons (Fsp3) is 0.789. The fourth-order valence-corrected chi connectivity index (χ4v) is 6.12. The SMILES string of the molecule is CC1=C2CC[C@H]3[C@@H](CCC4=C[C@H](O)CC[C@@]43C)[C@@H]2CC1. The highest BCUT2D eigenvalue weighted by molar-refractivity contribution is 5.30. The molecular formula is C19H28O. The van der Waals surface area contributed by atoms with Gasteiger partial charge in [0.05, 0.1) is 6.10 Å². The lowest BCUT2D eigenvalue weighted by Gasteiger charge is -2.54. The molecule has 1 heteroatoms. The van der Waals surface area contributed by atoms with E-state index in [-0.39, 0.29) is 6.10 Å². The van der Waals surface area contributed by atoms with Crippen LogP contribution in [0.15, 0.2) is 22.8 Å². The van der Waals surface area contributed by atoms with Gasteiger partial charge in [-0.15, -0.1) is 0 Å². The molecule has 2 fully saturated rings. The molecule has 2 saturated carbocycles. The topological polar surface area (TPSA) is 20.2 Å². The van der Waals surface area contributed by atoms with Crippen LogP contribution in [-0.2, 0) is 0 Å². The minimum atomic E-state index is -0.164. The molecule has 0 unspecified atom stereocenters. The van der Waals surface area contributed by atoms with Crippen molar-refractivity contribution in [2.24, 2.45) is 23.2 Å². The molecule has 0 spiro atoms. The van der Waals surface area contributed by atoms with Crippen LogP contribution in [0.2, 0.25) is 0 Å². The normalized spacial score (nSPS) is 47.5. The first-order valence-corrected chi connectivity index (χ1v) is 8.67. The van der Waals surface area contributed by atoms with Crippen LogP contribution in [0.3, 0.4) is 0 Å². The van der Waals surface area contributed by atoms with Gasteiger partial charge in [-0.2, -0.15) is 0 Å². The van der Waals surface area contributed by atoms with E-state index in [1.807, 2.05) is 5.57 Å². The van der Waals surface area contributed by atoms with Crippen molar-refractivity contribution in [2.45, 2.75) is 71.3 Å². The molecule has 4 aliphatic rings. The molecule has 0 aromatic carbocycles. The molecule has 4 aliphatic carbocycles. The monoisotopic (exact) mass is 272 g/mol. The molecule has 20 heavy (non-hydrogen) atoms. The van der Waals surface area contributed by atoms with E-state index >= 15 is 0 Å². The molecule has 0 radical (unpaired) electrons. The predicted octanol–water partition coefficient (Wildman–Crippen LogP) is 4.62. The molecule has 1 N–H and O–H groups in total. The van der Waals surface area contributed by atoms with Crippen molar-refractivity contribution in [3.8, 4) is 0 Å². The Hall–Kier alpha value is -0.560. The molecule has 4 rings (SSSR count). The van der Waals surface area contributed by atoms with Crippen LogP contribution >= 0.6 is 0 Å². The summed E-state index contributed by atoms with van der Waals surface area (Å²) in [5.74, 6) is 2.74. The zero-order chi connectivity index (χ0) is 13.9. The van der Waals surface area contributed by atoms with E-state index < -0.39 is 0 Å². The first-order valence-electron chi connectivity index (χ1n) is 8.67. The second-order valence-corrected chi connectivity index (χ2v) is 8.01. The second kappa shape index (κ2) is 4.47. The average molecular weight is 272 g/mol. The lowest BCUT2D eigenvalue weighted by Crippen LogP contribution is -2.46. The van der Waals surface area contributed by atoms with E-state index in [0.717, 1.165) is 24.2 Å². The van der Waals surface area contributed by atoms with Crippen LogP contribution in [0.1, 0.15) is 65.2 Å². The summed E-state index contributed by atoms with van der Waals surface area (Å²) in [6.07, 6.45) is 12.4. The zero-order valence-electron chi connectivity index (χ0n) is 13.0. The Morgan fingerprint density at radius 3 is 2.80 bits per heavy atom. The van der Waals surface area contributed by atoms with Crippen LogP contribution in [-0.4, -0.2) is 11.2 Å². The molecule has 5 atom stereocenters. The van der Waals surface area contributed by atoms with Gasteiger partial charge in [0.25, 0.3) is 0 Å². The Balaban J connectivity index is 1.68. The minimum Gasteiger partial charge on any atom is -0.389 e. The summed E-state index contributed by atoms with van der Waals surface area (Å²) in [5, 5.41) is 9.96. The van der Waals surface area contributed by atoms with Crippen molar-refractivity contribution >= 4 is 0 Å². The van der Waals surface area contributed by atoms with Gasteiger partial charge in [0.2, 0.25) is 0 Å². The summed E-state index contributed by atoms with van der Waals surface area (Å²) in [4.78, 5) is 0. The summed E-state index contributed by atoms with van der Waals surface area (Å²) in [6.45, 7) is 4.89. The molecule has 0 saturated heterocycles. The van der Waals surface area contributed by atoms with Gasteiger partial charge < -0.3 is 5.11 Å². The Kier molecular flexibility index (Phi) is 2.93. The van der Waals surface area contributed by atoms with Crippen molar-refractivity contribution in [3.05, 3.63) is 22.8 Å². The molecule has 110 valence electrons. The number of aliphatic hydroxyl groups excluding tert-OH is 1. The number of fused-ring (bicyclic) bond motifs is 5. The van der Waals surface area contributed by atoms with Gasteiger partial charge >= 0.3 is 0 Å². The van der Waals surface area contributed by atoms with Gasteiger partial charge in [0, 0.05) is 0 Å². The third-order valence-corrected chi connectivity index (χ3v) is 7.24. The fourth-order valence-electron chi connectivity index (χ4n) is 6.12. The molecule has 0 amide bonds. The lowest BCUT2D eigenvalue weighted by molar-refractivity contribution is 0.0285. The van der Waals surface area contributed by atoms with Crippen molar-refractivity contribution in [1.29, 1.82) is 0 Å². The van der Waals surface area contributed by atoms with Gasteiger partial charge in [-0.25, -0.2) is 0 Å². The first kappa shape index (κ1) is 13.1. The Labute approximate surface area is 123 Å². The maximum atomic E-state index is 9.96. The number of rotatable bonds is 0. The summed E-state index contributed by atoms with van der Waals surface area (Å²) in [7, 11) is 0. The predicted molar refractivity (Wildman–Crippen MR) is 82.3 cm³/mol. The van der Waals surface area contributed by atoms with Crippen LogP contribution < -0.4 is 0 Å². The largest absolute Gasteiger partial charge is 0.389 e. The molecule has 0 aliphatic heterocycles. The lowest BCUT2D eigenvalue weighted by atomic mass is 9.50. The highest BCUT2D eigenvalue weighted by atomic mass is 16.3. The van der Waals surface area contributed by atoms with E-state index in [9.17, 15) is 5.11 Å². The Morgan fingerprint density at radius 1 is 1.10 bits per heavy atom. The summed E-state index contributed by atoms with van der Waals surface area (Å²) >= 11 is 0. The van der Waals surface area contributed by atoms with Gasteiger partial charge in [0.1, 0.15) is 0 Å². The third-order valence-electron chi connectivity index (χ3n) is 7.24. The van der Waals surface area contributed by atoms with Gasteiger partial charge in [-0.3, -0.25) is 0 Å². The van der Waals surface area contributed by atoms with Gasteiger partial charge in [-0.05, 0) is 81.5 Å². The van der Waals surface area contributed by atoms with Crippen molar-refractivity contribution in [3.63, 3.8) is 0 Å². The minimum absolute atomic E-state index is 0.164. The molecule has 0 aromatic rings. The second-order valence-electron chi connectivity index (χ2n) is 8.01. The number of hydrogen-bond donors (Lipinski definition) is 1. The molecular weight excluding hydrogens is 244 g/mol. The van der Waals surface area contributed by atoms with Crippen LogP contribution in [0.5, 0.6) is 0 Å². The smallest absolute Gasteiger partial charge is 0.0724 e. The highest BCUT2D eigenvalue weighted by Gasteiger charge is 2.51. The number of hydrogen-bond acceptors (Lipinski definition) is 1. The molecule has 0 bridgehead atoms. The molecule has 0 heterocycles. The maximum Gasteiger partial charge on any atom is 0.0724 e. The van der Waals surface area contributed by atoms with E-state index in [4.69, 9.17) is 0 Å². The Bertz CT molecular complexity index is 486. The standard InChI is InChI=1S/C19H28O/c1-12-3-5-16-15(12)7-8-18-17(16)6-4-13-11-14(20)9-10-19(13,18)2/h11,14,16-18,20H,3-10H2,1-2H3/t14-,16-,17+,18+,19+/m1/s1. The van der Waals surface area contributed by atoms with Crippen molar-refractivity contribution in [2.75, 3.05) is 0 Å². The van der Waals surface area contributed by atoms with Gasteiger partial charge in [-0.1, -0.05) is 29.7 Å². The van der Waals surface area contributed by atoms with Crippen LogP contribution in [0.25, 0.3) is 0 Å². The summed E-state index contributed by atoms with van der Waals surface area (Å²) in [6, 6.07) is 0. The van der Waals surface area contributed by atoms with E-state index in [2.05, 4.69) is 19.9 Å². The van der Waals surface area contributed by atoms with E-state index in [0.29, 0.717) is 5.41 Å². The average Bonchev–Trinajstić information content (AvgIpc) is 2.82. The zero-order valence-corrected chi connectivity index (χ0v) is 13.0. The van der Waals surface area contributed by atoms with Crippen molar-refractivity contribution in [1.82, 2.24) is 0 Å². The van der Waals surface area contributed by atoms with Crippen LogP contribution in [0, 0.1) is 23.2 Å².